The SMILES string of the molecule is NCC1CCCN1C[C@@H]1CCCN1. The van der Waals surface area contributed by atoms with Gasteiger partial charge in [-0.25, -0.2) is 0 Å². The summed E-state index contributed by atoms with van der Waals surface area (Å²) in [5.41, 5.74) is 5.74. The molecule has 2 rings (SSSR count). The van der Waals surface area contributed by atoms with E-state index in [-0.39, 0.29) is 0 Å². The first-order valence-corrected chi connectivity index (χ1v) is 5.57. The number of hydrogen-bond acceptors (Lipinski definition) is 3. The smallest absolute Gasteiger partial charge is 0.0219 e. The van der Waals surface area contributed by atoms with Gasteiger partial charge in [-0.15, -0.1) is 0 Å². The van der Waals surface area contributed by atoms with Crippen molar-refractivity contribution in [3.63, 3.8) is 0 Å². The van der Waals surface area contributed by atoms with Gasteiger partial charge in [0.05, 0.1) is 0 Å². The van der Waals surface area contributed by atoms with Gasteiger partial charge in [0.2, 0.25) is 0 Å². The molecule has 2 saturated heterocycles. The minimum Gasteiger partial charge on any atom is -0.329 e. The first kappa shape index (κ1) is 9.44. The Morgan fingerprint density at radius 1 is 1.31 bits per heavy atom. The van der Waals surface area contributed by atoms with Crippen LogP contribution in [0, 0.1) is 0 Å². The summed E-state index contributed by atoms with van der Waals surface area (Å²) in [6, 6.07) is 1.41. The summed E-state index contributed by atoms with van der Waals surface area (Å²) in [5, 5.41) is 3.55. The number of hydrogen-bond donors (Lipinski definition) is 2. The normalized spacial score (nSPS) is 35.8. The molecule has 0 aromatic carbocycles. The van der Waals surface area contributed by atoms with Crippen LogP contribution in [-0.2, 0) is 0 Å². The van der Waals surface area contributed by atoms with Gasteiger partial charge in [0.1, 0.15) is 0 Å². The summed E-state index contributed by atoms with van der Waals surface area (Å²) in [5.74, 6) is 0. The summed E-state index contributed by atoms with van der Waals surface area (Å²) in [4.78, 5) is 2.57. The molecule has 1 unspecified atom stereocenters. The molecule has 0 saturated carbocycles. The van der Waals surface area contributed by atoms with Gasteiger partial charge in [-0.2, -0.15) is 0 Å². The van der Waals surface area contributed by atoms with Crippen molar-refractivity contribution >= 4 is 0 Å². The molecule has 13 heavy (non-hydrogen) atoms. The summed E-state index contributed by atoms with van der Waals surface area (Å²) < 4.78 is 0. The number of likely N-dealkylation sites (tertiary alicyclic amines) is 1. The van der Waals surface area contributed by atoms with Crippen molar-refractivity contribution in [1.82, 2.24) is 10.2 Å². The van der Waals surface area contributed by atoms with Gasteiger partial charge in [0.25, 0.3) is 0 Å². The second-order valence-corrected chi connectivity index (χ2v) is 4.32. The lowest BCUT2D eigenvalue weighted by Crippen LogP contribution is -2.42. The zero-order valence-electron chi connectivity index (χ0n) is 8.34. The van der Waals surface area contributed by atoms with Crippen LogP contribution in [0.25, 0.3) is 0 Å². The molecule has 0 radical (unpaired) electrons. The Morgan fingerprint density at radius 2 is 2.23 bits per heavy atom. The van der Waals surface area contributed by atoms with Gasteiger partial charge >= 0.3 is 0 Å². The minimum absolute atomic E-state index is 0.669. The molecule has 2 fully saturated rings. The van der Waals surface area contributed by atoms with E-state index in [0.717, 1.165) is 12.6 Å². The second-order valence-electron chi connectivity index (χ2n) is 4.32. The van der Waals surface area contributed by atoms with E-state index in [9.17, 15) is 0 Å². The lowest BCUT2D eigenvalue weighted by atomic mass is 10.2. The predicted octanol–water partition coefficient (Wildman–Crippen LogP) is 0.161. The minimum atomic E-state index is 0.669. The van der Waals surface area contributed by atoms with Crippen LogP contribution in [0.3, 0.4) is 0 Å². The van der Waals surface area contributed by atoms with E-state index in [1.807, 2.05) is 0 Å². The molecule has 3 nitrogen and oxygen atoms in total. The van der Waals surface area contributed by atoms with Gasteiger partial charge in [-0.3, -0.25) is 4.90 Å². The van der Waals surface area contributed by atoms with Crippen LogP contribution in [0.4, 0.5) is 0 Å². The summed E-state index contributed by atoms with van der Waals surface area (Å²) in [6.07, 6.45) is 5.36. The fourth-order valence-corrected chi connectivity index (χ4v) is 2.60. The van der Waals surface area contributed by atoms with E-state index in [4.69, 9.17) is 5.73 Å². The fourth-order valence-electron chi connectivity index (χ4n) is 2.60. The lowest BCUT2D eigenvalue weighted by molar-refractivity contribution is 0.236. The molecular weight excluding hydrogens is 162 g/mol. The molecule has 0 aromatic rings. The number of rotatable bonds is 3. The van der Waals surface area contributed by atoms with E-state index in [1.54, 1.807) is 0 Å². The van der Waals surface area contributed by atoms with Crippen molar-refractivity contribution in [1.29, 1.82) is 0 Å². The first-order chi connectivity index (χ1) is 6.40. The van der Waals surface area contributed by atoms with Crippen molar-refractivity contribution < 1.29 is 0 Å². The Kier molecular flexibility index (Phi) is 3.19. The van der Waals surface area contributed by atoms with E-state index < -0.39 is 0 Å². The number of nitrogens with zero attached hydrogens (tertiary/aromatic N) is 1. The van der Waals surface area contributed by atoms with Gasteiger partial charge in [0.15, 0.2) is 0 Å². The van der Waals surface area contributed by atoms with Crippen LogP contribution in [-0.4, -0.2) is 43.2 Å². The molecule has 2 aliphatic heterocycles. The molecule has 0 amide bonds. The van der Waals surface area contributed by atoms with E-state index >= 15 is 0 Å². The molecule has 0 aliphatic carbocycles. The Bertz CT molecular complexity index is 154. The summed E-state index contributed by atoms with van der Waals surface area (Å²) in [6.45, 7) is 4.54. The highest BCUT2D eigenvalue weighted by molar-refractivity contribution is 4.85. The Hall–Kier alpha value is -0.120. The molecule has 0 aromatic heterocycles. The van der Waals surface area contributed by atoms with Crippen molar-refractivity contribution in [2.45, 2.75) is 37.8 Å². The van der Waals surface area contributed by atoms with Crippen LogP contribution < -0.4 is 11.1 Å². The maximum absolute atomic E-state index is 5.74. The van der Waals surface area contributed by atoms with E-state index in [0.29, 0.717) is 6.04 Å². The second kappa shape index (κ2) is 4.40. The number of nitrogens with one attached hydrogen (secondary N) is 1. The average Bonchev–Trinajstić information content (AvgIpc) is 2.76. The highest BCUT2D eigenvalue weighted by Crippen LogP contribution is 2.18. The van der Waals surface area contributed by atoms with Crippen LogP contribution in [0.5, 0.6) is 0 Å². The molecular formula is C10H21N3. The Labute approximate surface area is 80.7 Å². The van der Waals surface area contributed by atoms with Crippen LogP contribution in [0.2, 0.25) is 0 Å². The zero-order valence-corrected chi connectivity index (χ0v) is 8.34. The molecule has 2 heterocycles. The van der Waals surface area contributed by atoms with Gasteiger partial charge in [0, 0.05) is 25.2 Å². The molecule has 2 aliphatic rings. The Balaban J connectivity index is 1.79. The fraction of sp³-hybridized carbons (Fsp3) is 1.00. The third-order valence-electron chi connectivity index (χ3n) is 3.39. The first-order valence-electron chi connectivity index (χ1n) is 5.57. The molecule has 76 valence electrons. The standard InChI is InChI=1S/C10H21N3/c11-7-10-4-2-6-13(10)8-9-3-1-5-12-9/h9-10,12H,1-8,11H2/t9-,10?/m0/s1. The topological polar surface area (TPSA) is 41.3 Å². The molecule has 2 atom stereocenters. The zero-order chi connectivity index (χ0) is 9.10. The maximum atomic E-state index is 5.74. The number of nitrogens with two attached hydrogens (primary N) is 1. The van der Waals surface area contributed by atoms with Crippen LogP contribution >= 0.6 is 0 Å². The summed E-state index contributed by atoms with van der Waals surface area (Å²) in [7, 11) is 0. The maximum Gasteiger partial charge on any atom is 0.0219 e. The van der Waals surface area contributed by atoms with Gasteiger partial charge in [-0.05, 0) is 38.8 Å². The molecule has 0 bridgehead atoms. The average molecular weight is 183 g/mol. The molecule has 3 N–H and O–H groups in total. The molecule has 3 heteroatoms. The van der Waals surface area contributed by atoms with Crippen LogP contribution in [0.1, 0.15) is 25.7 Å². The largest absolute Gasteiger partial charge is 0.329 e. The van der Waals surface area contributed by atoms with Gasteiger partial charge in [-0.1, -0.05) is 0 Å². The third kappa shape index (κ3) is 2.22. The van der Waals surface area contributed by atoms with Crippen molar-refractivity contribution in [3.05, 3.63) is 0 Å². The van der Waals surface area contributed by atoms with E-state index in [2.05, 4.69) is 10.2 Å². The molecule has 0 spiro atoms. The quantitative estimate of drug-likeness (QED) is 0.655. The predicted molar refractivity (Wildman–Crippen MR) is 54.7 cm³/mol. The van der Waals surface area contributed by atoms with Gasteiger partial charge < -0.3 is 11.1 Å². The van der Waals surface area contributed by atoms with Crippen molar-refractivity contribution in [2.24, 2.45) is 5.73 Å². The lowest BCUT2D eigenvalue weighted by Gasteiger charge is -2.26. The van der Waals surface area contributed by atoms with E-state index in [1.165, 1.54) is 45.3 Å². The highest BCUT2D eigenvalue weighted by atomic mass is 15.2. The Morgan fingerprint density at radius 3 is 2.92 bits per heavy atom. The van der Waals surface area contributed by atoms with Crippen molar-refractivity contribution in [2.75, 3.05) is 26.2 Å². The van der Waals surface area contributed by atoms with Crippen molar-refractivity contribution in [3.8, 4) is 0 Å². The monoisotopic (exact) mass is 183 g/mol. The highest BCUT2D eigenvalue weighted by Gasteiger charge is 2.26. The summed E-state index contributed by atoms with van der Waals surface area (Å²) >= 11 is 0. The third-order valence-corrected chi connectivity index (χ3v) is 3.39. The van der Waals surface area contributed by atoms with Crippen LogP contribution in [0.15, 0.2) is 0 Å².